The summed E-state index contributed by atoms with van der Waals surface area (Å²) >= 11 is 0. The molecule has 2 aromatic heterocycles. The van der Waals surface area contributed by atoms with Gasteiger partial charge in [-0.25, -0.2) is 8.96 Å². The van der Waals surface area contributed by atoms with Gasteiger partial charge in [-0.2, -0.15) is 10.1 Å². The topological polar surface area (TPSA) is 180 Å². The number of esters is 1. The number of hydrogen-bond donors (Lipinski definition) is 4. The number of hydrogen-bond acceptors (Lipinski definition) is 10. The molecule has 1 aliphatic rings. The molecule has 5 N–H and O–H groups in total. The lowest BCUT2D eigenvalue weighted by Gasteiger charge is -2.36. The molecule has 1 aliphatic heterocycles. The first kappa shape index (κ1) is 31.3. The number of halogens is 1. The van der Waals surface area contributed by atoms with Gasteiger partial charge in [0, 0.05) is 11.6 Å². The van der Waals surface area contributed by atoms with Crippen LogP contribution in [0.4, 0.5) is 10.3 Å². The van der Waals surface area contributed by atoms with E-state index in [1.165, 1.54) is 47.0 Å². The fourth-order valence-corrected chi connectivity index (χ4v) is 6.42. The van der Waals surface area contributed by atoms with Crippen LogP contribution in [-0.2, 0) is 23.4 Å². The second kappa shape index (κ2) is 11.6. The first-order valence-corrected chi connectivity index (χ1v) is 14.5. The van der Waals surface area contributed by atoms with Crippen molar-refractivity contribution in [1.29, 1.82) is 0 Å². The fourth-order valence-electron chi connectivity index (χ4n) is 4.57. The number of nitrogens with two attached hydrogens (primary N) is 1. The lowest BCUT2D eigenvalue weighted by Crippen LogP contribution is -2.54. The van der Waals surface area contributed by atoms with Gasteiger partial charge in [0.15, 0.2) is 11.9 Å². The number of nitrogen functional groups attached to an aromatic ring is 1. The van der Waals surface area contributed by atoms with E-state index >= 15 is 4.39 Å². The summed E-state index contributed by atoms with van der Waals surface area (Å²) in [6.45, 7) is 4.71. The zero-order valence-electron chi connectivity index (χ0n) is 23.6. The normalized spacial score (nSPS) is 24.6. The zero-order valence-corrected chi connectivity index (χ0v) is 24.5. The number of benzene rings is 1. The summed E-state index contributed by atoms with van der Waals surface area (Å²) in [6, 6.07) is 8.21. The van der Waals surface area contributed by atoms with Crippen molar-refractivity contribution in [1.82, 2.24) is 19.6 Å². The van der Waals surface area contributed by atoms with Crippen LogP contribution in [0.3, 0.4) is 0 Å². The van der Waals surface area contributed by atoms with Gasteiger partial charge in [-0.1, -0.05) is 24.1 Å². The monoisotopic (exact) mass is 601 g/mol. The number of carbonyl (C=O) groups is 1. The molecule has 6 atom stereocenters. The van der Waals surface area contributed by atoms with Gasteiger partial charge in [-0.15, -0.1) is 6.42 Å². The molecule has 0 amide bonds. The Morgan fingerprint density at radius 3 is 2.64 bits per heavy atom. The number of rotatable bonds is 10. The third-order valence-corrected chi connectivity index (χ3v) is 8.36. The molecule has 4 rings (SSSR count). The Morgan fingerprint density at radius 1 is 1.36 bits per heavy atom. The molecular weight excluding hydrogens is 570 g/mol. The van der Waals surface area contributed by atoms with E-state index in [4.69, 9.17) is 30.7 Å². The van der Waals surface area contributed by atoms with E-state index in [1.807, 2.05) is 5.92 Å². The molecule has 13 nitrogen and oxygen atoms in total. The average molecular weight is 601 g/mol. The molecule has 3 aromatic rings. The van der Waals surface area contributed by atoms with Gasteiger partial charge in [-0.05, 0) is 39.0 Å². The second-order valence-electron chi connectivity index (χ2n) is 10.6. The largest absolute Gasteiger partial charge is 0.462 e. The van der Waals surface area contributed by atoms with Crippen LogP contribution >= 0.6 is 7.75 Å². The number of aliphatic hydroxyl groups is 1. The third-order valence-electron chi connectivity index (χ3n) is 6.49. The maximum atomic E-state index is 16.4. The Bertz CT molecular complexity index is 1610. The smallest absolute Gasteiger partial charge is 0.458 e. The molecule has 3 unspecified atom stereocenters. The van der Waals surface area contributed by atoms with Gasteiger partial charge in [0.05, 0.1) is 11.5 Å². The molecule has 1 aromatic carbocycles. The first-order chi connectivity index (χ1) is 19.6. The quantitative estimate of drug-likeness (QED) is 0.106. The van der Waals surface area contributed by atoms with Crippen molar-refractivity contribution in [3.05, 3.63) is 52.9 Å². The Labute approximate surface area is 242 Å². The third kappa shape index (κ3) is 6.11. The average Bonchev–Trinajstić information content (AvgIpc) is 3.42. The number of nitrogens with one attached hydrogen (secondary N) is 2. The van der Waals surface area contributed by atoms with Gasteiger partial charge < -0.3 is 29.4 Å². The predicted molar refractivity (Wildman–Crippen MR) is 157 cm³/mol. The van der Waals surface area contributed by atoms with Crippen molar-refractivity contribution < 1.29 is 37.4 Å². The van der Waals surface area contributed by atoms with Crippen molar-refractivity contribution in [2.45, 2.75) is 62.4 Å². The Hall–Kier alpha value is -3.60. The molecule has 1 saturated heterocycles. The van der Waals surface area contributed by atoms with Crippen LogP contribution in [0.25, 0.3) is 11.0 Å². The number of aromatic nitrogens is 3. The van der Waals surface area contributed by atoms with Crippen molar-refractivity contribution in [3.63, 3.8) is 0 Å². The van der Waals surface area contributed by atoms with Gasteiger partial charge in [0.25, 0.3) is 5.56 Å². The molecule has 0 bridgehead atoms. The summed E-state index contributed by atoms with van der Waals surface area (Å²) < 4.78 is 54.5. The second-order valence-corrected chi connectivity index (χ2v) is 12.2. The minimum absolute atomic E-state index is 0.0395. The number of anilines is 1. The van der Waals surface area contributed by atoms with Gasteiger partial charge in [0.1, 0.15) is 39.7 Å². The van der Waals surface area contributed by atoms with Crippen LogP contribution in [0, 0.1) is 12.3 Å². The molecule has 1 fully saturated rings. The molecule has 42 heavy (non-hydrogen) atoms. The van der Waals surface area contributed by atoms with Crippen LogP contribution in [0.1, 0.15) is 27.0 Å². The number of alkyl halides is 1. The van der Waals surface area contributed by atoms with E-state index in [9.17, 15) is 19.3 Å². The number of terminal acetylenes is 1. The van der Waals surface area contributed by atoms with Crippen LogP contribution < -0.4 is 20.9 Å². The summed E-state index contributed by atoms with van der Waals surface area (Å²) in [5, 5.41) is 12.0. The number of H-pyrrole nitrogens is 1. The van der Waals surface area contributed by atoms with Crippen molar-refractivity contribution >= 4 is 46.4 Å². The number of carbonyl (C=O) groups excluding carboxylic acids is 1. The molecule has 0 aliphatic carbocycles. The summed E-state index contributed by atoms with van der Waals surface area (Å²) in [4.78, 5) is 31.3. The lowest BCUT2D eigenvalue weighted by atomic mass is 9.60. The number of aliphatic hydroxyl groups excluding tert-OH is 1. The Morgan fingerprint density at radius 2 is 2.02 bits per heavy atom. The van der Waals surface area contributed by atoms with Crippen LogP contribution in [-0.4, -0.2) is 76.7 Å². The minimum atomic E-state index is -4.47. The number of aromatic amines is 1. The predicted octanol–water partition coefficient (Wildman–Crippen LogP) is -0.0400. The van der Waals surface area contributed by atoms with Crippen molar-refractivity contribution in [3.8, 4) is 18.1 Å². The molecular formula is C25H31B2FN5O8P. The van der Waals surface area contributed by atoms with E-state index in [0.717, 1.165) is 4.57 Å². The zero-order chi connectivity index (χ0) is 31.0. The van der Waals surface area contributed by atoms with Crippen molar-refractivity contribution in [2.75, 3.05) is 5.73 Å². The minimum Gasteiger partial charge on any atom is -0.462 e. The maximum absolute atomic E-state index is 16.4. The van der Waals surface area contributed by atoms with Gasteiger partial charge >= 0.3 is 13.7 Å². The standard InChI is InChI=1S/C25H31B2FN5O8P/c1-5-24(28)17(34)18(39-22(24)33-12-11-16-19(33)30-23(29)31-20(16)35)25(26,27)41-42(37,40-15-9-7-6-8-10-15)32-14(4)21(36)38-13(2)3/h1,6-14,17-18,22,34H,26-27H2,2-4H3,(H,32,37)(H3,29,30,31,35)/t14-,17?,18?,22+,24+,42?/m0/s1. The van der Waals surface area contributed by atoms with E-state index in [-0.39, 0.29) is 22.7 Å². The Balaban J connectivity index is 1.69. The maximum Gasteiger partial charge on any atom is 0.458 e. The Kier molecular flexibility index (Phi) is 8.64. The fraction of sp³-hybridized carbons (Fsp3) is 0.400. The van der Waals surface area contributed by atoms with Crippen LogP contribution in [0.15, 0.2) is 47.4 Å². The highest BCUT2D eigenvalue weighted by molar-refractivity contribution is 7.52. The molecule has 3 heterocycles. The number of ether oxygens (including phenoxy) is 2. The van der Waals surface area contributed by atoms with E-state index < -0.39 is 60.9 Å². The number of fused-ring (bicyclic) bond motifs is 1. The molecule has 0 radical (unpaired) electrons. The van der Waals surface area contributed by atoms with Crippen LogP contribution in [0.5, 0.6) is 5.75 Å². The molecule has 0 saturated carbocycles. The van der Waals surface area contributed by atoms with Gasteiger partial charge in [0.2, 0.25) is 11.6 Å². The SMILES string of the molecule is BC(B)(OP(=O)(N[C@@H](C)C(=O)OC(C)C)Oc1ccccc1)C1O[C@@H](n2ccc3c(=O)[nH]c(N)nc32)[C@@](F)(C#C)C1O. The molecule has 0 spiro atoms. The number of para-hydroxylation sites is 1. The highest BCUT2D eigenvalue weighted by atomic mass is 31.2. The molecule has 17 heteroatoms. The summed E-state index contributed by atoms with van der Waals surface area (Å²) in [7, 11) is -1.71. The lowest BCUT2D eigenvalue weighted by molar-refractivity contribution is -0.149. The highest BCUT2D eigenvalue weighted by Gasteiger charge is 2.62. The van der Waals surface area contributed by atoms with Gasteiger partial charge in [-0.3, -0.25) is 19.1 Å². The van der Waals surface area contributed by atoms with Crippen LogP contribution in [0.2, 0.25) is 0 Å². The summed E-state index contributed by atoms with van der Waals surface area (Å²) in [5.74, 6) is 1.13. The highest BCUT2D eigenvalue weighted by Crippen LogP contribution is 2.52. The number of nitrogens with zero attached hydrogens (tertiary/aromatic N) is 2. The van der Waals surface area contributed by atoms with E-state index in [1.54, 1.807) is 32.0 Å². The van der Waals surface area contributed by atoms with E-state index in [0.29, 0.717) is 0 Å². The first-order valence-electron chi connectivity index (χ1n) is 13.0. The molecule has 222 valence electrons. The summed E-state index contributed by atoms with van der Waals surface area (Å²) in [6.07, 6.45) is 1.17. The van der Waals surface area contributed by atoms with Crippen molar-refractivity contribution in [2.24, 2.45) is 0 Å². The van der Waals surface area contributed by atoms with E-state index in [2.05, 4.69) is 15.1 Å². The summed E-state index contributed by atoms with van der Waals surface area (Å²) in [5.41, 5.74) is 2.21.